The third-order valence-electron chi connectivity index (χ3n) is 2.67. The quantitative estimate of drug-likeness (QED) is 0.781. The Bertz CT molecular complexity index is 494. The van der Waals surface area contributed by atoms with Crippen LogP contribution in [-0.4, -0.2) is 28.1 Å². The number of ether oxygens (including phenoxy) is 1. The van der Waals surface area contributed by atoms with Crippen molar-refractivity contribution in [1.29, 1.82) is 10.7 Å². The van der Waals surface area contributed by atoms with Crippen LogP contribution in [0.15, 0.2) is 24.5 Å². The molecule has 1 fully saturated rings. The highest BCUT2D eigenvalue weighted by Gasteiger charge is 2.47. The van der Waals surface area contributed by atoms with Gasteiger partial charge in [-0.15, -0.1) is 0 Å². The fraction of sp³-hybridized carbons (Fsp3) is 0.273. The highest BCUT2D eigenvalue weighted by Crippen LogP contribution is 2.36. The highest BCUT2D eigenvalue weighted by molar-refractivity contribution is 5.88. The number of nitriles is 1. The van der Waals surface area contributed by atoms with E-state index in [0.29, 0.717) is 5.56 Å². The first-order valence-corrected chi connectivity index (χ1v) is 4.92. The SMILES string of the molecule is N#CC1C(=N)OC(C(=O)O)C1c1cccnc1. The predicted octanol–water partition coefficient (Wildman–Crippen LogP) is 0.766. The number of hydrogen-bond donors (Lipinski definition) is 2. The van der Waals surface area contributed by atoms with Crippen LogP contribution in [0.2, 0.25) is 0 Å². The number of nitrogens with one attached hydrogen (secondary N) is 1. The monoisotopic (exact) mass is 231 g/mol. The van der Waals surface area contributed by atoms with Crippen molar-refractivity contribution in [2.24, 2.45) is 5.92 Å². The maximum Gasteiger partial charge on any atom is 0.345 e. The Morgan fingerprint density at radius 1 is 1.65 bits per heavy atom. The van der Waals surface area contributed by atoms with E-state index in [-0.39, 0.29) is 5.90 Å². The number of hydrogen-bond acceptors (Lipinski definition) is 5. The Hall–Kier alpha value is -2.42. The normalized spacial score (nSPS) is 27.2. The molecule has 3 unspecified atom stereocenters. The molecule has 17 heavy (non-hydrogen) atoms. The summed E-state index contributed by atoms with van der Waals surface area (Å²) in [5.41, 5.74) is 0.591. The summed E-state index contributed by atoms with van der Waals surface area (Å²) in [6, 6.07) is 5.24. The second kappa shape index (κ2) is 4.22. The van der Waals surface area contributed by atoms with Gasteiger partial charge in [-0.25, -0.2) is 4.79 Å². The van der Waals surface area contributed by atoms with Gasteiger partial charge in [0.05, 0.1) is 12.0 Å². The van der Waals surface area contributed by atoms with E-state index in [1.165, 1.54) is 6.20 Å². The third-order valence-corrected chi connectivity index (χ3v) is 2.67. The average Bonchev–Trinajstić information content (AvgIpc) is 2.67. The molecule has 2 rings (SSSR count). The molecule has 2 heterocycles. The van der Waals surface area contributed by atoms with E-state index >= 15 is 0 Å². The summed E-state index contributed by atoms with van der Waals surface area (Å²) in [4.78, 5) is 14.9. The van der Waals surface area contributed by atoms with E-state index in [9.17, 15) is 4.79 Å². The van der Waals surface area contributed by atoms with Gasteiger partial charge in [-0.05, 0) is 11.6 Å². The summed E-state index contributed by atoms with van der Waals surface area (Å²) >= 11 is 0. The lowest BCUT2D eigenvalue weighted by atomic mass is 9.85. The molecule has 1 aliphatic heterocycles. The molecular formula is C11H9N3O3. The Morgan fingerprint density at radius 3 is 2.94 bits per heavy atom. The number of nitrogens with zero attached hydrogens (tertiary/aromatic N) is 2. The van der Waals surface area contributed by atoms with Gasteiger partial charge in [-0.1, -0.05) is 6.07 Å². The van der Waals surface area contributed by atoms with E-state index in [1.807, 2.05) is 6.07 Å². The van der Waals surface area contributed by atoms with E-state index in [4.69, 9.17) is 20.5 Å². The van der Waals surface area contributed by atoms with Crippen molar-refractivity contribution in [3.8, 4) is 6.07 Å². The minimum Gasteiger partial charge on any atom is -0.478 e. The predicted molar refractivity (Wildman–Crippen MR) is 56.3 cm³/mol. The molecule has 0 spiro atoms. The summed E-state index contributed by atoms with van der Waals surface area (Å²) < 4.78 is 4.93. The van der Waals surface area contributed by atoms with Crippen LogP contribution in [0, 0.1) is 22.7 Å². The van der Waals surface area contributed by atoms with Crippen LogP contribution >= 0.6 is 0 Å². The molecule has 0 radical (unpaired) electrons. The molecule has 0 aromatic carbocycles. The van der Waals surface area contributed by atoms with Gasteiger partial charge in [0.15, 0.2) is 5.90 Å². The van der Waals surface area contributed by atoms with Crippen LogP contribution in [0.1, 0.15) is 11.5 Å². The van der Waals surface area contributed by atoms with Gasteiger partial charge in [0.25, 0.3) is 0 Å². The fourth-order valence-corrected chi connectivity index (χ4v) is 1.90. The standard InChI is InChI=1S/C11H9N3O3/c12-4-7-8(6-2-1-3-14-5-6)9(11(15)16)17-10(7)13/h1-3,5,7-9,13H,(H,15,16). The Kier molecular flexibility index (Phi) is 2.75. The van der Waals surface area contributed by atoms with Crippen molar-refractivity contribution in [1.82, 2.24) is 4.98 Å². The molecule has 1 aliphatic rings. The summed E-state index contributed by atoms with van der Waals surface area (Å²) in [5, 5.41) is 25.5. The van der Waals surface area contributed by atoms with Gasteiger partial charge in [0.1, 0.15) is 5.92 Å². The number of aliphatic carboxylic acids is 1. The summed E-state index contributed by atoms with van der Waals surface area (Å²) in [6.07, 6.45) is 1.85. The number of pyridine rings is 1. The zero-order valence-corrected chi connectivity index (χ0v) is 8.70. The highest BCUT2D eigenvalue weighted by atomic mass is 16.5. The van der Waals surface area contributed by atoms with E-state index in [1.54, 1.807) is 18.3 Å². The van der Waals surface area contributed by atoms with Gasteiger partial charge in [0.2, 0.25) is 6.10 Å². The molecule has 0 bridgehead atoms. The van der Waals surface area contributed by atoms with Crippen LogP contribution in [0.3, 0.4) is 0 Å². The molecule has 6 nitrogen and oxygen atoms in total. The van der Waals surface area contributed by atoms with E-state index in [0.717, 1.165) is 0 Å². The van der Waals surface area contributed by atoms with Gasteiger partial charge in [-0.2, -0.15) is 5.26 Å². The van der Waals surface area contributed by atoms with Crippen LogP contribution in [0.5, 0.6) is 0 Å². The number of carbonyl (C=O) groups is 1. The first kappa shape index (κ1) is 11.1. The molecule has 1 aromatic heterocycles. The van der Waals surface area contributed by atoms with Crippen molar-refractivity contribution in [3.63, 3.8) is 0 Å². The van der Waals surface area contributed by atoms with E-state index in [2.05, 4.69) is 4.98 Å². The smallest absolute Gasteiger partial charge is 0.345 e. The van der Waals surface area contributed by atoms with Gasteiger partial charge in [0, 0.05) is 12.4 Å². The molecule has 1 saturated heterocycles. The molecule has 3 atom stereocenters. The van der Waals surface area contributed by atoms with Crippen molar-refractivity contribution in [2.45, 2.75) is 12.0 Å². The minimum atomic E-state index is -1.20. The maximum atomic E-state index is 11.0. The molecule has 0 saturated carbocycles. The Labute approximate surface area is 97.0 Å². The lowest BCUT2D eigenvalue weighted by molar-refractivity contribution is -0.145. The lowest BCUT2D eigenvalue weighted by Crippen LogP contribution is -2.26. The lowest BCUT2D eigenvalue weighted by Gasteiger charge is -2.14. The summed E-state index contributed by atoms with van der Waals surface area (Å²) in [5.74, 6) is -3.03. The Balaban J connectivity index is 2.43. The Morgan fingerprint density at radius 2 is 2.41 bits per heavy atom. The third kappa shape index (κ3) is 1.83. The van der Waals surface area contributed by atoms with Crippen LogP contribution in [0.25, 0.3) is 0 Å². The zero-order valence-electron chi connectivity index (χ0n) is 8.70. The summed E-state index contributed by atoms with van der Waals surface area (Å²) in [7, 11) is 0. The molecule has 2 N–H and O–H groups in total. The second-order valence-corrected chi connectivity index (χ2v) is 3.66. The van der Waals surface area contributed by atoms with Crippen LogP contribution in [-0.2, 0) is 9.53 Å². The van der Waals surface area contributed by atoms with Gasteiger partial charge >= 0.3 is 5.97 Å². The van der Waals surface area contributed by atoms with Crippen LogP contribution in [0.4, 0.5) is 0 Å². The first-order valence-electron chi connectivity index (χ1n) is 4.92. The van der Waals surface area contributed by atoms with Crippen molar-refractivity contribution >= 4 is 11.9 Å². The number of rotatable bonds is 2. The molecule has 86 valence electrons. The first-order chi connectivity index (χ1) is 8.15. The second-order valence-electron chi connectivity index (χ2n) is 3.66. The largest absolute Gasteiger partial charge is 0.478 e. The fourth-order valence-electron chi connectivity index (χ4n) is 1.90. The molecule has 0 aliphatic carbocycles. The topological polar surface area (TPSA) is 107 Å². The number of aromatic nitrogens is 1. The molecule has 1 aromatic rings. The van der Waals surface area contributed by atoms with Crippen molar-refractivity contribution in [2.75, 3.05) is 0 Å². The molecular weight excluding hydrogens is 222 g/mol. The maximum absolute atomic E-state index is 11.0. The summed E-state index contributed by atoms with van der Waals surface area (Å²) in [6.45, 7) is 0. The van der Waals surface area contributed by atoms with Crippen molar-refractivity contribution < 1.29 is 14.6 Å². The van der Waals surface area contributed by atoms with Gasteiger partial charge in [-0.3, -0.25) is 10.4 Å². The molecule has 6 heteroatoms. The van der Waals surface area contributed by atoms with E-state index < -0.39 is 23.9 Å². The van der Waals surface area contributed by atoms with Crippen molar-refractivity contribution in [3.05, 3.63) is 30.1 Å². The molecule has 0 amide bonds. The zero-order chi connectivity index (χ0) is 12.4. The number of carboxylic acids is 1. The van der Waals surface area contributed by atoms with Crippen LogP contribution < -0.4 is 0 Å². The van der Waals surface area contributed by atoms with Gasteiger partial charge < -0.3 is 9.84 Å². The average molecular weight is 231 g/mol. The number of carboxylic acid groups (broad SMARTS) is 1. The minimum absolute atomic E-state index is 0.297.